The molecule has 2 heterocycles. The van der Waals surface area contributed by atoms with Crippen molar-refractivity contribution in [2.24, 2.45) is 11.8 Å². The fraction of sp³-hybridized carbons (Fsp3) is 0.588. The Morgan fingerprint density at radius 2 is 1.83 bits per heavy atom. The van der Waals surface area contributed by atoms with Gasteiger partial charge in [-0.2, -0.15) is 0 Å². The normalized spacial score (nSPS) is 24.3. The monoisotopic (exact) mass is 351 g/mol. The molecule has 0 saturated carbocycles. The van der Waals surface area contributed by atoms with E-state index in [1.54, 1.807) is 31.2 Å². The third-order valence-electron chi connectivity index (χ3n) is 5.11. The number of hydrogen-bond donors (Lipinski definition) is 2. The molecule has 24 heavy (non-hydrogen) atoms. The van der Waals surface area contributed by atoms with Crippen molar-refractivity contribution in [3.8, 4) is 0 Å². The Balaban J connectivity index is 1.77. The van der Waals surface area contributed by atoms with E-state index < -0.39 is 10.0 Å². The van der Waals surface area contributed by atoms with Crippen LogP contribution < -0.4 is 10.0 Å². The van der Waals surface area contributed by atoms with Gasteiger partial charge in [0, 0.05) is 13.1 Å². The van der Waals surface area contributed by atoms with Crippen LogP contribution in [0.4, 0.5) is 5.69 Å². The summed E-state index contributed by atoms with van der Waals surface area (Å²) in [5.41, 5.74) is 0.801. The van der Waals surface area contributed by atoms with Gasteiger partial charge in [-0.25, -0.2) is 8.42 Å². The van der Waals surface area contributed by atoms with Crippen molar-refractivity contribution in [2.45, 2.75) is 19.8 Å². The SMILES string of the molecule is CCS(=O)(=O)Nc1ccccc1C(=O)N1CC[C@@H]2CNC[C@@H]2CC1. The molecule has 2 saturated heterocycles. The van der Waals surface area contributed by atoms with Crippen molar-refractivity contribution in [1.82, 2.24) is 10.2 Å². The fourth-order valence-corrected chi connectivity index (χ4v) is 4.25. The summed E-state index contributed by atoms with van der Waals surface area (Å²) in [7, 11) is -3.41. The van der Waals surface area contributed by atoms with E-state index >= 15 is 0 Å². The highest BCUT2D eigenvalue weighted by molar-refractivity contribution is 7.92. The molecule has 2 N–H and O–H groups in total. The number of amides is 1. The molecule has 2 aliphatic heterocycles. The maximum Gasteiger partial charge on any atom is 0.255 e. The van der Waals surface area contributed by atoms with Crippen LogP contribution in [0.1, 0.15) is 30.1 Å². The first-order valence-electron chi connectivity index (χ1n) is 8.59. The largest absolute Gasteiger partial charge is 0.339 e. The second-order valence-electron chi connectivity index (χ2n) is 6.60. The zero-order valence-electron chi connectivity index (χ0n) is 14.0. The molecule has 0 radical (unpaired) electrons. The molecule has 0 aliphatic carbocycles. The van der Waals surface area contributed by atoms with E-state index in [2.05, 4.69) is 10.0 Å². The molecule has 132 valence electrons. The lowest BCUT2D eigenvalue weighted by Gasteiger charge is -2.22. The van der Waals surface area contributed by atoms with Crippen LogP contribution >= 0.6 is 0 Å². The van der Waals surface area contributed by atoms with E-state index in [-0.39, 0.29) is 11.7 Å². The highest BCUT2D eigenvalue weighted by Crippen LogP contribution is 2.28. The van der Waals surface area contributed by atoms with Crippen LogP contribution in [0, 0.1) is 11.8 Å². The Morgan fingerprint density at radius 1 is 1.21 bits per heavy atom. The number of anilines is 1. The lowest BCUT2D eigenvalue weighted by Crippen LogP contribution is -2.33. The molecule has 2 fully saturated rings. The third kappa shape index (κ3) is 3.72. The maximum absolute atomic E-state index is 12.9. The molecule has 0 bridgehead atoms. The standard InChI is InChI=1S/C17H25N3O3S/c1-2-24(22,23)19-16-6-4-3-5-15(16)17(21)20-9-7-13-11-18-12-14(13)8-10-20/h3-6,13-14,18-19H,2,7-12H2,1H3/t13-,14+. The summed E-state index contributed by atoms with van der Waals surface area (Å²) >= 11 is 0. The lowest BCUT2D eigenvalue weighted by molar-refractivity contribution is 0.0759. The summed E-state index contributed by atoms with van der Waals surface area (Å²) in [5.74, 6) is 1.20. The van der Waals surface area contributed by atoms with Crippen molar-refractivity contribution >= 4 is 21.6 Å². The van der Waals surface area contributed by atoms with E-state index in [0.717, 1.165) is 39.0 Å². The van der Waals surface area contributed by atoms with Crippen molar-refractivity contribution in [2.75, 3.05) is 36.7 Å². The number of likely N-dealkylation sites (tertiary alicyclic amines) is 1. The molecule has 1 aromatic carbocycles. The second-order valence-corrected chi connectivity index (χ2v) is 8.61. The molecule has 1 aromatic rings. The summed E-state index contributed by atoms with van der Waals surface area (Å²) in [6.07, 6.45) is 2.01. The Bertz CT molecular complexity index is 691. The minimum absolute atomic E-state index is 0.0183. The number of nitrogens with one attached hydrogen (secondary N) is 2. The van der Waals surface area contributed by atoms with Gasteiger partial charge in [-0.05, 0) is 56.8 Å². The molecule has 0 spiro atoms. The summed E-state index contributed by atoms with van der Waals surface area (Å²) < 4.78 is 26.3. The Kier molecular flexibility index (Phi) is 5.10. The molecule has 7 heteroatoms. The maximum atomic E-state index is 12.9. The van der Waals surface area contributed by atoms with Crippen molar-refractivity contribution < 1.29 is 13.2 Å². The summed E-state index contributed by atoms with van der Waals surface area (Å²) in [6, 6.07) is 6.86. The Morgan fingerprint density at radius 3 is 2.46 bits per heavy atom. The number of carbonyl (C=O) groups excluding carboxylic acids is 1. The van der Waals surface area contributed by atoms with Crippen LogP contribution in [0.15, 0.2) is 24.3 Å². The highest BCUT2D eigenvalue weighted by Gasteiger charge is 2.32. The molecule has 3 rings (SSSR count). The van der Waals surface area contributed by atoms with Gasteiger partial charge < -0.3 is 10.2 Å². The number of benzene rings is 1. The third-order valence-corrected chi connectivity index (χ3v) is 6.40. The van der Waals surface area contributed by atoms with Crippen LogP contribution in [-0.4, -0.2) is 51.2 Å². The number of nitrogens with zero attached hydrogens (tertiary/aromatic N) is 1. The quantitative estimate of drug-likeness (QED) is 0.862. The van der Waals surface area contributed by atoms with Crippen LogP contribution in [0.25, 0.3) is 0 Å². The molecular weight excluding hydrogens is 326 g/mol. The van der Waals surface area contributed by atoms with E-state index in [1.165, 1.54) is 0 Å². The average molecular weight is 351 g/mol. The number of sulfonamides is 1. The van der Waals surface area contributed by atoms with Gasteiger partial charge in [-0.1, -0.05) is 12.1 Å². The van der Waals surface area contributed by atoms with E-state index in [1.807, 2.05) is 4.90 Å². The summed E-state index contributed by atoms with van der Waals surface area (Å²) in [6.45, 7) is 5.13. The second kappa shape index (κ2) is 7.11. The highest BCUT2D eigenvalue weighted by atomic mass is 32.2. The minimum Gasteiger partial charge on any atom is -0.339 e. The van der Waals surface area contributed by atoms with Crippen LogP contribution in [0.2, 0.25) is 0 Å². The predicted octanol–water partition coefficient (Wildman–Crippen LogP) is 1.52. The molecule has 0 unspecified atom stereocenters. The first-order chi connectivity index (χ1) is 11.5. The number of fused-ring (bicyclic) bond motifs is 1. The Hall–Kier alpha value is -1.60. The zero-order valence-corrected chi connectivity index (χ0v) is 14.8. The van der Waals surface area contributed by atoms with Crippen LogP contribution in [-0.2, 0) is 10.0 Å². The fourth-order valence-electron chi connectivity index (χ4n) is 3.59. The molecule has 1 amide bonds. The number of rotatable bonds is 4. The van der Waals surface area contributed by atoms with E-state index in [9.17, 15) is 13.2 Å². The lowest BCUT2D eigenvalue weighted by atomic mass is 9.92. The summed E-state index contributed by atoms with van der Waals surface area (Å²) in [4.78, 5) is 14.8. The molecule has 2 atom stereocenters. The van der Waals surface area contributed by atoms with E-state index in [0.29, 0.717) is 23.1 Å². The first-order valence-corrected chi connectivity index (χ1v) is 10.2. The Labute approximate surface area is 143 Å². The predicted molar refractivity (Wildman–Crippen MR) is 94.5 cm³/mol. The minimum atomic E-state index is -3.41. The summed E-state index contributed by atoms with van der Waals surface area (Å²) in [5, 5.41) is 3.43. The smallest absolute Gasteiger partial charge is 0.255 e. The van der Waals surface area contributed by atoms with Crippen LogP contribution in [0.5, 0.6) is 0 Å². The average Bonchev–Trinajstić information content (AvgIpc) is 2.93. The van der Waals surface area contributed by atoms with Crippen molar-refractivity contribution in [3.63, 3.8) is 0 Å². The van der Waals surface area contributed by atoms with Gasteiger partial charge in [0.05, 0.1) is 17.0 Å². The van der Waals surface area contributed by atoms with Gasteiger partial charge in [-0.3, -0.25) is 9.52 Å². The molecule has 6 nitrogen and oxygen atoms in total. The molecule has 0 aromatic heterocycles. The molecule has 2 aliphatic rings. The first kappa shape index (κ1) is 17.2. The van der Waals surface area contributed by atoms with Crippen LogP contribution in [0.3, 0.4) is 0 Å². The number of carbonyl (C=O) groups is 1. The van der Waals surface area contributed by atoms with Gasteiger partial charge in [0.25, 0.3) is 5.91 Å². The van der Waals surface area contributed by atoms with Gasteiger partial charge in [0.15, 0.2) is 0 Å². The van der Waals surface area contributed by atoms with Gasteiger partial charge >= 0.3 is 0 Å². The van der Waals surface area contributed by atoms with Gasteiger partial charge in [0.1, 0.15) is 0 Å². The van der Waals surface area contributed by atoms with Gasteiger partial charge in [-0.15, -0.1) is 0 Å². The van der Waals surface area contributed by atoms with Gasteiger partial charge in [0.2, 0.25) is 10.0 Å². The molecular formula is C17H25N3O3S. The number of hydrogen-bond acceptors (Lipinski definition) is 4. The van der Waals surface area contributed by atoms with E-state index in [4.69, 9.17) is 0 Å². The van der Waals surface area contributed by atoms with Crippen molar-refractivity contribution in [1.29, 1.82) is 0 Å². The number of para-hydroxylation sites is 1. The topological polar surface area (TPSA) is 78.5 Å². The zero-order chi connectivity index (χ0) is 17.2. The van der Waals surface area contributed by atoms with Crippen molar-refractivity contribution in [3.05, 3.63) is 29.8 Å².